The van der Waals surface area contributed by atoms with Gasteiger partial charge in [0, 0.05) is 9.52 Å². The summed E-state index contributed by atoms with van der Waals surface area (Å²) in [6.07, 6.45) is 1.27. The first-order valence-electron chi connectivity index (χ1n) is 3.60. The summed E-state index contributed by atoms with van der Waals surface area (Å²) in [6, 6.07) is 2.41. The largest absolute Gasteiger partial charge is 0.123 e. The molecule has 0 radical (unpaired) electrons. The molecule has 0 saturated carbocycles. The van der Waals surface area contributed by atoms with Crippen LogP contribution in [-0.4, -0.2) is 19.7 Å². The first kappa shape index (κ1) is 11.1. The van der Waals surface area contributed by atoms with Crippen molar-refractivity contribution in [3.05, 3.63) is 0 Å². The first-order chi connectivity index (χ1) is 4.68. The lowest BCUT2D eigenvalue weighted by molar-refractivity contribution is 1.01. The second-order valence-electron chi connectivity index (χ2n) is 2.35. The van der Waals surface area contributed by atoms with Crippen LogP contribution < -0.4 is 0 Å². The lowest BCUT2D eigenvalue weighted by atomic mass is 10.5. The zero-order valence-corrected chi connectivity index (χ0v) is 9.80. The second kappa shape index (κ2) is 6.78. The molecule has 0 aromatic heterocycles. The fraction of sp³-hybridized carbons (Fsp3) is 1.00. The third-order valence-corrected chi connectivity index (χ3v) is 5.30. The number of hydrogen-bond acceptors (Lipinski definition) is 0. The van der Waals surface area contributed by atoms with Crippen LogP contribution in [0, 0.1) is 0 Å². The Bertz CT molecular complexity index is 77.4. The molecule has 0 N–H and O–H groups in total. The Morgan fingerprint density at radius 2 is 1.90 bits per heavy atom. The van der Waals surface area contributed by atoms with Crippen molar-refractivity contribution in [1.82, 2.24) is 0 Å². The molecule has 1 unspecified atom stereocenters. The standard InChI is InChI=1S/C6H13Cl3Si/c1-2-3-10-4-5(7)6(8)9/h5-6H,2-4,10H2,1H3. The summed E-state index contributed by atoms with van der Waals surface area (Å²) in [4.78, 5) is -0.383. The Labute approximate surface area is 80.0 Å². The quantitative estimate of drug-likeness (QED) is 0.379. The van der Waals surface area contributed by atoms with Gasteiger partial charge in [0.1, 0.15) is 4.84 Å². The van der Waals surface area contributed by atoms with Crippen molar-refractivity contribution >= 4 is 44.3 Å². The van der Waals surface area contributed by atoms with Gasteiger partial charge < -0.3 is 0 Å². The molecule has 0 fully saturated rings. The van der Waals surface area contributed by atoms with E-state index in [4.69, 9.17) is 34.8 Å². The SMILES string of the molecule is CCC[SiH2]CC(Cl)C(Cl)Cl. The van der Waals surface area contributed by atoms with Gasteiger partial charge in [-0.1, -0.05) is 19.4 Å². The predicted octanol–water partition coefficient (Wildman–Crippen LogP) is 2.81. The fourth-order valence-corrected chi connectivity index (χ4v) is 3.36. The van der Waals surface area contributed by atoms with E-state index in [-0.39, 0.29) is 19.7 Å². The normalized spacial score (nSPS) is 15.3. The van der Waals surface area contributed by atoms with E-state index in [0.717, 1.165) is 6.04 Å². The molecule has 0 saturated heterocycles. The Kier molecular flexibility index (Phi) is 7.51. The van der Waals surface area contributed by atoms with Crippen molar-refractivity contribution in [3.8, 4) is 0 Å². The summed E-state index contributed by atoms with van der Waals surface area (Å²) < 4.78 is 0. The average Bonchev–Trinajstić information content (AvgIpc) is 1.88. The molecule has 0 heterocycles. The van der Waals surface area contributed by atoms with Crippen LogP contribution in [0.3, 0.4) is 0 Å². The summed E-state index contributed by atoms with van der Waals surface area (Å²) in [6.45, 7) is 2.19. The van der Waals surface area contributed by atoms with Crippen molar-refractivity contribution in [3.63, 3.8) is 0 Å². The van der Waals surface area contributed by atoms with Crippen molar-refractivity contribution in [2.24, 2.45) is 0 Å². The van der Waals surface area contributed by atoms with E-state index in [1.165, 1.54) is 12.5 Å². The van der Waals surface area contributed by atoms with Crippen LogP contribution in [0.4, 0.5) is 0 Å². The Balaban J connectivity index is 3.13. The summed E-state index contributed by atoms with van der Waals surface area (Å²) >= 11 is 16.9. The van der Waals surface area contributed by atoms with Crippen LogP contribution in [0.2, 0.25) is 12.1 Å². The molecule has 0 aromatic rings. The van der Waals surface area contributed by atoms with E-state index in [9.17, 15) is 0 Å². The summed E-state index contributed by atoms with van der Waals surface area (Å²) in [7, 11) is 0.0202. The highest BCUT2D eigenvalue weighted by atomic mass is 35.5. The highest BCUT2D eigenvalue weighted by Crippen LogP contribution is 2.17. The first-order valence-corrected chi connectivity index (χ1v) is 6.91. The van der Waals surface area contributed by atoms with Gasteiger partial charge >= 0.3 is 0 Å². The maximum atomic E-state index is 5.82. The zero-order valence-electron chi connectivity index (χ0n) is 6.12. The van der Waals surface area contributed by atoms with Crippen molar-refractivity contribution in [2.75, 3.05) is 0 Å². The molecular weight excluding hydrogens is 207 g/mol. The minimum Gasteiger partial charge on any atom is -0.120 e. The lowest BCUT2D eigenvalue weighted by Crippen LogP contribution is -2.10. The van der Waals surface area contributed by atoms with Gasteiger partial charge in [-0.3, -0.25) is 0 Å². The maximum Gasteiger partial charge on any atom is 0.123 e. The highest BCUT2D eigenvalue weighted by Gasteiger charge is 2.12. The van der Waals surface area contributed by atoms with Gasteiger partial charge in [0.15, 0.2) is 0 Å². The maximum absolute atomic E-state index is 5.82. The van der Waals surface area contributed by atoms with Crippen molar-refractivity contribution in [1.29, 1.82) is 0 Å². The molecular formula is C6H13Cl3Si. The van der Waals surface area contributed by atoms with Crippen LogP contribution >= 0.6 is 34.8 Å². The topological polar surface area (TPSA) is 0 Å². The van der Waals surface area contributed by atoms with Crippen LogP contribution in [0.15, 0.2) is 0 Å². The predicted molar refractivity (Wildman–Crippen MR) is 53.6 cm³/mol. The summed E-state index contributed by atoms with van der Waals surface area (Å²) in [5, 5.41) is -0.0125. The van der Waals surface area contributed by atoms with Crippen LogP contribution in [-0.2, 0) is 0 Å². The third kappa shape index (κ3) is 5.84. The van der Waals surface area contributed by atoms with E-state index in [1.54, 1.807) is 0 Å². The number of alkyl halides is 3. The van der Waals surface area contributed by atoms with Crippen molar-refractivity contribution in [2.45, 2.75) is 35.6 Å². The van der Waals surface area contributed by atoms with Crippen LogP contribution in [0.1, 0.15) is 13.3 Å². The monoisotopic (exact) mass is 218 g/mol. The molecule has 0 aromatic carbocycles. The lowest BCUT2D eigenvalue weighted by Gasteiger charge is -2.07. The molecule has 0 bridgehead atoms. The van der Waals surface area contributed by atoms with Crippen molar-refractivity contribution < 1.29 is 0 Å². The van der Waals surface area contributed by atoms with E-state index in [1.807, 2.05) is 0 Å². The number of halogens is 3. The summed E-state index contributed by atoms with van der Waals surface area (Å²) in [5.41, 5.74) is 0. The molecule has 0 amide bonds. The van der Waals surface area contributed by atoms with Gasteiger partial charge in [-0.05, 0) is 6.04 Å². The van der Waals surface area contributed by atoms with Gasteiger partial charge in [-0.15, -0.1) is 34.8 Å². The third-order valence-electron chi connectivity index (χ3n) is 1.36. The van der Waals surface area contributed by atoms with Gasteiger partial charge in [-0.25, -0.2) is 0 Å². The highest BCUT2D eigenvalue weighted by molar-refractivity contribution is 6.50. The minimum atomic E-state index is -0.383. The Hall–Kier alpha value is 1.09. The number of rotatable bonds is 5. The van der Waals surface area contributed by atoms with Gasteiger partial charge in [0.25, 0.3) is 0 Å². The molecule has 4 heteroatoms. The minimum absolute atomic E-state index is 0.0125. The molecule has 0 rings (SSSR count). The van der Waals surface area contributed by atoms with E-state index in [0.29, 0.717) is 0 Å². The smallest absolute Gasteiger partial charge is 0.120 e. The van der Waals surface area contributed by atoms with E-state index >= 15 is 0 Å². The van der Waals surface area contributed by atoms with E-state index < -0.39 is 0 Å². The van der Waals surface area contributed by atoms with Gasteiger partial charge in [0.05, 0.1) is 5.38 Å². The van der Waals surface area contributed by atoms with Crippen LogP contribution in [0.25, 0.3) is 0 Å². The molecule has 0 aliphatic heterocycles. The Morgan fingerprint density at radius 3 is 2.30 bits per heavy atom. The molecule has 10 heavy (non-hydrogen) atoms. The Morgan fingerprint density at radius 1 is 1.30 bits per heavy atom. The molecule has 0 aliphatic carbocycles. The molecule has 0 aliphatic rings. The summed E-state index contributed by atoms with van der Waals surface area (Å²) in [5.74, 6) is 0. The fourth-order valence-electron chi connectivity index (χ4n) is 0.715. The van der Waals surface area contributed by atoms with Crippen LogP contribution in [0.5, 0.6) is 0 Å². The van der Waals surface area contributed by atoms with Gasteiger partial charge in [-0.2, -0.15) is 0 Å². The number of hydrogen-bond donors (Lipinski definition) is 0. The molecule has 1 atom stereocenters. The second-order valence-corrected chi connectivity index (χ2v) is 6.06. The van der Waals surface area contributed by atoms with Gasteiger partial charge in [0.2, 0.25) is 0 Å². The molecule has 0 nitrogen and oxygen atoms in total. The average molecular weight is 220 g/mol. The zero-order chi connectivity index (χ0) is 7.98. The molecule has 0 spiro atoms. The molecule has 62 valence electrons. The van der Waals surface area contributed by atoms with E-state index in [2.05, 4.69) is 6.92 Å².